The number of benzene rings is 2. The van der Waals surface area contributed by atoms with Crippen molar-refractivity contribution in [1.82, 2.24) is 0 Å². The summed E-state index contributed by atoms with van der Waals surface area (Å²) in [6.45, 7) is 0. The summed E-state index contributed by atoms with van der Waals surface area (Å²) in [7, 11) is -4.09. The molecule has 2 aromatic rings. The Morgan fingerprint density at radius 1 is 1.12 bits per heavy atom. The summed E-state index contributed by atoms with van der Waals surface area (Å²) in [5.41, 5.74) is 0.705. The SMILES string of the molecule is O=[N+]([O-])c1ccc(OS(=O)(=O)c2ccc(CCCCl)cc2)c(Cl)c1. The van der Waals surface area contributed by atoms with Gasteiger partial charge in [0, 0.05) is 18.0 Å². The van der Waals surface area contributed by atoms with Crippen molar-refractivity contribution in [2.45, 2.75) is 17.7 Å². The number of nitro groups is 1. The smallest absolute Gasteiger partial charge is 0.339 e. The van der Waals surface area contributed by atoms with Crippen LogP contribution in [0.3, 0.4) is 0 Å². The van der Waals surface area contributed by atoms with Crippen molar-refractivity contribution in [1.29, 1.82) is 0 Å². The second kappa shape index (κ2) is 7.83. The maximum atomic E-state index is 12.3. The predicted octanol–water partition coefficient (Wildman–Crippen LogP) is 4.19. The van der Waals surface area contributed by atoms with E-state index >= 15 is 0 Å². The third-order valence-corrected chi connectivity index (χ3v) is 4.95. The van der Waals surface area contributed by atoms with E-state index in [1.54, 1.807) is 12.1 Å². The van der Waals surface area contributed by atoms with Gasteiger partial charge in [0.25, 0.3) is 5.69 Å². The van der Waals surface area contributed by atoms with Gasteiger partial charge >= 0.3 is 10.1 Å². The van der Waals surface area contributed by atoms with Crippen LogP contribution in [-0.2, 0) is 16.5 Å². The van der Waals surface area contributed by atoms with Crippen molar-refractivity contribution in [3.63, 3.8) is 0 Å². The molecular weight excluding hydrogens is 377 g/mol. The second-order valence-corrected chi connectivity index (χ2v) is 7.18. The van der Waals surface area contributed by atoms with Crippen molar-refractivity contribution in [2.24, 2.45) is 0 Å². The maximum absolute atomic E-state index is 12.3. The highest BCUT2D eigenvalue weighted by Gasteiger charge is 2.19. The molecule has 0 radical (unpaired) electrons. The number of hydrogen-bond acceptors (Lipinski definition) is 5. The highest BCUT2D eigenvalue weighted by atomic mass is 35.5. The van der Waals surface area contributed by atoms with Crippen LogP contribution in [0.5, 0.6) is 5.75 Å². The largest absolute Gasteiger partial charge is 0.377 e. The number of hydrogen-bond donors (Lipinski definition) is 0. The van der Waals surface area contributed by atoms with Gasteiger partial charge in [-0.05, 0) is 36.6 Å². The number of alkyl halides is 1. The van der Waals surface area contributed by atoms with E-state index < -0.39 is 15.0 Å². The first-order valence-electron chi connectivity index (χ1n) is 6.87. The van der Waals surface area contributed by atoms with Gasteiger partial charge in [-0.2, -0.15) is 8.42 Å². The number of nitro benzene ring substituents is 1. The Morgan fingerprint density at radius 2 is 1.79 bits per heavy atom. The lowest BCUT2D eigenvalue weighted by Gasteiger charge is -2.09. The fraction of sp³-hybridized carbons (Fsp3) is 0.200. The average Bonchev–Trinajstić information content (AvgIpc) is 2.55. The van der Waals surface area contributed by atoms with Crippen molar-refractivity contribution >= 4 is 39.0 Å². The molecule has 0 atom stereocenters. The standard InChI is InChI=1S/C15H13Cl2NO5S/c16-9-1-2-11-3-6-13(7-4-11)24(21,22)23-15-8-5-12(18(19)20)10-14(15)17/h3-8,10H,1-2,9H2. The Kier molecular flexibility index (Phi) is 6.04. The van der Waals surface area contributed by atoms with E-state index in [4.69, 9.17) is 27.4 Å². The van der Waals surface area contributed by atoms with Crippen LogP contribution in [0.15, 0.2) is 47.4 Å². The van der Waals surface area contributed by atoms with E-state index in [1.165, 1.54) is 12.1 Å². The average molecular weight is 390 g/mol. The Hall–Kier alpha value is -1.83. The van der Waals surface area contributed by atoms with Gasteiger partial charge in [-0.15, -0.1) is 11.6 Å². The normalized spacial score (nSPS) is 11.2. The topological polar surface area (TPSA) is 86.5 Å². The Balaban J connectivity index is 2.20. The number of halogens is 2. The minimum atomic E-state index is -4.09. The van der Waals surface area contributed by atoms with Crippen LogP contribution in [0.25, 0.3) is 0 Å². The molecule has 0 N–H and O–H groups in total. The molecule has 0 amide bonds. The lowest BCUT2D eigenvalue weighted by molar-refractivity contribution is -0.384. The summed E-state index contributed by atoms with van der Waals surface area (Å²) < 4.78 is 29.5. The zero-order valence-corrected chi connectivity index (χ0v) is 14.6. The molecule has 6 nitrogen and oxygen atoms in total. The highest BCUT2D eigenvalue weighted by Crippen LogP contribution is 2.31. The zero-order valence-electron chi connectivity index (χ0n) is 12.3. The van der Waals surface area contributed by atoms with E-state index in [0.717, 1.165) is 36.6 Å². The summed E-state index contributed by atoms with van der Waals surface area (Å²) >= 11 is 11.5. The molecule has 0 spiro atoms. The van der Waals surface area contributed by atoms with E-state index in [-0.39, 0.29) is 21.4 Å². The lowest BCUT2D eigenvalue weighted by atomic mass is 10.1. The fourth-order valence-corrected chi connectivity index (χ4v) is 3.27. The minimum absolute atomic E-state index is 0.0356. The van der Waals surface area contributed by atoms with Crippen molar-refractivity contribution in [2.75, 3.05) is 5.88 Å². The molecule has 0 aliphatic rings. The lowest BCUT2D eigenvalue weighted by Crippen LogP contribution is -2.10. The maximum Gasteiger partial charge on any atom is 0.339 e. The van der Waals surface area contributed by atoms with Gasteiger partial charge in [0.15, 0.2) is 5.75 Å². The van der Waals surface area contributed by atoms with Crippen LogP contribution < -0.4 is 4.18 Å². The molecule has 128 valence electrons. The summed E-state index contributed by atoms with van der Waals surface area (Å²) in [6.07, 6.45) is 1.54. The van der Waals surface area contributed by atoms with Crippen LogP contribution in [0.4, 0.5) is 5.69 Å². The van der Waals surface area contributed by atoms with Gasteiger partial charge in [-0.3, -0.25) is 10.1 Å². The highest BCUT2D eigenvalue weighted by molar-refractivity contribution is 7.87. The van der Waals surface area contributed by atoms with E-state index in [0.29, 0.717) is 5.88 Å². The van der Waals surface area contributed by atoms with Crippen molar-refractivity contribution in [3.8, 4) is 5.75 Å². The molecule has 0 saturated carbocycles. The monoisotopic (exact) mass is 389 g/mol. The van der Waals surface area contributed by atoms with E-state index in [9.17, 15) is 18.5 Å². The molecule has 2 rings (SSSR count). The molecule has 0 bridgehead atoms. The number of nitrogens with zero attached hydrogens (tertiary/aromatic N) is 1. The predicted molar refractivity (Wildman–Crippen MR) is 91.4 cm³/mol. The Morgan fingerprint density at radius 3 is 2.33 bits per heavy atom. The summed E-state index contributed by atoms with van der Waals surface area (Å²) in [4.78, 5) is 9.99. The fourth-order valence-electron chi connectivity index (χ4n) is 1.93. The third kappa shape index (κ3) is 4.59. The molecule has 0 aliphatic carbocycles. The molecule has 9 heteroatoms. The Bertz CT molecular complexity index is 837. The Labute approximate surface area is 149 Å². The molecule has 24 heavy (non-hydrogen) atoms. The summed E-state index contributed by atoms with van der Waals surface area (Å²) in [5, 5.41) is 10.5. The van der Waals surface area contributed by atoms with Crippen LogP contribution in [-0.4, -0.2) is 19.2 Å². The zero-order chi connectivity index (χ0) is 17.7. The van der Waals surface area contributed by atoms with E-state index in [2.05, 4.69) is 0 Å². The second-order valence-electron chi connectivity index (χ2n) is 4.85. The minimum Gasteiger partial charge on any atom is -0.377 e. The van der Waals surface area contributed by atoms with Crippen LogP contribution in [0.1, 0.15) is 12.0 Å². The summed E-state index contributed by atoms with van der Waals surface area (Å²) in [5.74, 6) is 0.357. The first-order chi connectivity index (χ1) is 11.3. The molecule has 0 fully saturated rings. The van der Waals surface area contributed by atoms with Gasteiger partial charge < -0.3 is 4.18 Å². The molecular formula is C15H13Cl2NO5S. The molecule has 0 heterocycles. The van der Waals surface area contributed by atoms with E-state index in [1.807, 2.05) is 0 Å². The van der Waals surface area contributed by atoms with Crippen LogP contribution in [0, 0.1) is 10.1 Å². The molecule has 0 saturated heterocycles. The van der Waals surface area contributed by atoms with Crippen molar-refractivity contribution < 1.29 is 17.5 Å². The third-order valence-electron chi connectivity index (χ3n) is 3.14. The molecule has 0 unspecified atom stereocenters. The molecule has 0 aliphatic heterocycles. The van der Waals surface area contributed by atoms with Crippen LogP contribution in [0.2, 0.25) is 5.02 Å². The van der Waals surface area contributed by atoms with Gasteiger partial charge in [-0.25, -0.2) is 0 Å². The number of aryl methyl sites for hydroxylation is 1. The first kappa shape index (κ1) is 18.5. The van der Waals surface area contributed by atoms with Gasteiger partial charge in [-0.1, -0.05) is 23.7 Å². The molecule has 2 aromatic carbocycles. The first-order valence-corrected chi connectivity index (χ1v) is 9.19. The quantitative estimate of drug-likeness (QED) is 0.306. The molecule has 0 aromatic heterocycles. The number of non-ortho nitro benzene ring substituents is 1. The van der Waals surface area contributed by atoms with Gasteiger partial charge in [0.1, 0.15) is 4.90 Å². The van der Waals surface area contributed by atoms with Crippen molar-refractivity contribution in [3.05, 3.63) is 63.2 Å². The number of rotatable bonds is 7. The summed E-state index contributed by atoms with van der Waals surface area (Å²) in [6, 6.07) is 9.51. The van der Waals surface area contributed by atoms with Gasteiger partial charge in [0.2, 0.25) is 0 Å². The van der Waals surface area contributed by atoms with Crippen LogP contribution >= 0.6 is 23.2 Å². The van der Waals surface area contributed by atoms with Gasteiger partial charge in [0.05, 0.1) is 9.95 Å².